The largest absolute Gasteiger partial charge is 0.496 e. The van der Waals surface area contributed by atoms with Gasteiger partial charge in [0.2, 0.25) is 5.91 Å². The number of Topliss-reactive ketones (excluding diaryl/α,β-unsaturated/α-hetero) is 1. The summed E-state index contributed by atoms with van der Waals surface area (Å²) < 4.78 is 5.52. The number of halogens is 3. The number of nitrogens with one attached hydrogen (secondary N) is 1. The standard InChI is InChI=1S/C26H20Cl3NO3/c1-33-24-11-17(29)5-7-18(24)19-13-26(20-8-6-16(28)10-22(20)30-25(26)32)21(12-23(19)31)14-3-2-4-15(27)9-14/h2-7,9-11,13,20-21H,8,12H2,1H3,(H,30,32)/t20?,21-,26-/m0/s1. The Bertz CT molecular complexity index is 1280. The van der Waals surface area contributed by atoms with Gasteiger partial charge in [0.05, 0.1) is 12.5 Å². The minimum Gasteiger partial charge on any atom is -0.496 e. The van der Waals surface area contributed by atoms with E-state index in [2.05, 4.69) is 5.32 Å². The third-order valence-corrected chi connectivity index (χ3v) is 7.53. The maximum atomic E-state index is 13.7. The van der Waals surface area contributed by atoms with Gasteiger partial charge in [0.25, 0.3) is 0 Å². The zero-order chi connectivity index (χ0) is 23.3. The summed E-state index contributed by atoms with van der Waals surface area (Å²) in [6.45, 7) is 0. The van der Waals surface area contributed by atoms with Crippen molar-refractivity contribution in [1.82, 2.24) is 5.32 Å². The Morgan fingerprint density at radius 2 is 1.82 bits per heavy atom. The highest BCUT2D eigenvalue weighted by Gasteiger charge is 2.59. The van der Waals surface area contributed by atoms with Crippen molar-refractivity contribution in [2.75, 3.05) is 7.11 Å². The fraction of sp³-hybridized carbons (Fsp3) is 0.231. The molecule has 1 amide bonds. The summed E-state index contributed by atoms with van der Waals surface area (Å²) in [5.74, 6) is -0.300. The number of ketones is 1. The van der Waals surface area contributed by atoms with Gasteiger partial charge in [-0.25, -0.2) is 0 Å². The monoisotopic (exact) mass is 499 g/mol. The van der Waals surface area contributed by atoms with Crippen LogP contribution in [0.2, 0.25) is 10.0 Å². The average Bonchev–Trinajstić information content (AvgIpc) is 3.05. The molecule has 7 heteroatoms. The molecule has 1 N–H and O–H groups in total. The smallest absolute Gasteiger partial charge is 0.235 e. The van der Waals surface area contributed by atoms with E-state index in [1.165, 1.54) is 7.11 Å². The first-order chi connectivity index (χ1) is 15.8. The molecule has 3 aliphatic rings. The minimum atomic E-state index is -0.988. The fourth-order valence-corrected chi connectivity index (χ4v) is 5.89. The van der Waals surface area contributed by atoms with Crippen LogP contribution in [0.1, 0.15) is 29.9 Å². The van der Waals surface area contributed by atoms with E-state index in [1.807, 2.05) is 30.4 Å². The van der Waals surface area contributed by atoms with E-state index in [1.54, 1.807) is 30.3 Å². The second-order valence-electron chi connectivity index (χ2n) is 8.50. The summed E-state index contributed by atoms with van der Waals surface area (Å²) in [5.41, 5.74) is 1.71. The second-order valence-corrected chi connectivity index (χ2v) is 9.81. The van der Waals surface area contributed by atoms with Crippen molar-refractivity contribution in [3.05, 3.63) is 92.6 Å². The van der Waals surface area contributed by atoms with Crippen LogP contribution in [-0.2, 0) is 9.59 Å². The molecule has 1 saturated heterocycles. The van der Waals surface area contributed by atoms with Crippen molar-refractivity contribution < 1.29 is 14.3 Å². The highest BCUT2D eigenvalue weighted by Crippen LogP contribution is 2.58. The molecule has 33 heavy (non-hydrogen) atoms. The van der Waals surface area contributed by atoms with E-state index >= 15 is 0 Å². The lowest BCUT2D eigenvalue weighted by Crippen LogP contribution is -2.43. The Morgan fingerprint density at radius 3 is 2.58 bits per heavy atom. The normalized spacial score (nSPS) is 26.4. The van der Waals surface area contributed by atoms with Gasteiger partial charge in [0, 0.05) is 50.2 Å². The summed E-state index contributed by atoms with van der Waals surface area (Å²) in [6.07, 6.45) is 6.29. The van der Waals surface area contributed by atoms with Crippen LogP contribution in [-0.4, -0.2) is 18.8 Å². The first kappa shape index (κ1) is 22.3. The summed E-state index contributed by atoms with van der Waals surface area (Å²) in [7, 11) is 1.53. The number of carbonyl (C=O) groups excluding carboxylic acids is 2. The molecule has 0 bridgehead atoms. The topological polar surface area (TPSA) is 55.4 Å². The van der Waals surface area contributed by atoms with Crippen LogP contribution in [0.15, 0.2) is 71.4 Å². The third-order valence-electron chi connectivity index (χ3n) is 6.80. The maximum Gasteiger partial charge on any atom is 0.235 e. The summed E-state index contributed by atoms with van der Waals surface area (Å²) >= 11 is 18.7. The molecule has 168 valence electrons. The van der Waals surface area contributed by atoms with Gasteiger partial charge in [-0.1, -0.05) is 59.1 Å². The molecule has 0 aromatic heterocycles. The van der Waals surface area contributed by atoms with Gasteiger partial charge in [0.1, 0.15) is 5.75 Å². The number of benzene rings is 2. The molecule has 1 aliphatic heterocycles. The molecule has 2 aromatic rings. The van der Waals surface area contributed by atoms with Crippen LogP contribution in [0.25, 0.3) is 5.57 Å². The maximum absolute atomic E-state index is 13.7. The van der Waals surface area contributed by atoms with Crippen LogP contribution in [0.4, 0.5) is 0 Å². The highest BCUT2D eigenvalue weighted by atomic mass is 35.5. The molecule has 3 atom stereocenters. The number of amides is 1. The number of allylic oxidation sites excluding steroid dienone is 5. The summed E-state index contributed by atoms with van der Waals surface area (Å²) in [6, 6.07) is 12.5. The van der Waals surface area contributed by atoms with E-state index in [9.17, 15) is 9.59 Å². The predicted molar refractivity (Wildman–Crippen MR) is 130 cm³/mol. The lowest BCUT2D eigenvalue weighted by atomic mass is 9.58. The number of carbonyl (C=O) groups is 2. The highest BCUT2D eigenvalue weighted by molar-refractivity contribution is 6.32. The van der Waals surface area contributed by atoms with Crippen LogP contribution >= 0.6 is 34.8 Å². The average molecular weight is 501 g/mol. The van der Waals surface area contributed by atoms with E-state index in [4.69, 9.17) is 39.5 Å². The van der Waals surface area contributed by atoms with Crippen molar-refractivity contribution >= 4 is 52.1 Å². The Morgan fingerprint density at radius 1 is 1.03 bits per heavy atom. The first-order valence-electron chi connectivity index (χ1n) is 10.6. The van der Waals surface area contributed by atoms with Gasteiger partial charge in [-0.15, -0.1) is 0 Å². The van der Waals surface area contributed by atoms with Gasteiger partial charge in [0.15, 0.2) is 5.78 Å². The zero-order valence-electron chi connectivity index (χ0n) is 17.7. The minimum absolute atomic E-state index is 0.0687. The number of hydrogen-bond acceptors (Lipinski definition) is 3. The van der Waals surface area contributed by atoms with Crippen molar-refractivity contribution in [3.63, 3.8) is 0 Å². The Labute approximate surface area is 206 Å². The summed E-state index contributed by atoms with van der Waals surface area (Å²) in [5, 5.41) is 4.69. The van der Waals surface area contributed by atoms with Crippen LogP contribution < -0.4 is 10.1 Å². The van der Waals surface area contributed by atoms with Crippen LogP contribution in [0, 0.1) is 11.3 Å². The van der Waals surface area contributed by atoms with Gasteiger partial charge in [-0.3, -0.25) is 9.59 Å². The number of rotatable bonds is 3. The molecule has 2 aromatic carbocycles. The molecular weight excluding hydrogens is 481 g/mol. The SMILES string of the molecule is COc1cc(Cl)ccc1C1=C[C@@]2(C(=O)NC3=CC(Cl)=CCC32)[C@H](c2cccc(Cl)c2)CC1=O. The summed E-state index contributed by atoms with van der Waals surface area (Å²) in [4.78, 5) is 27.2. The molecule has 5 rings (SSSR count). The molecule has 1 fully saturated rings. The van der Waals surface area contributed by atoms with E-state index in [0.717, 1.165) is 11.3 Å². The lowest BCUT2D eigenvalue weighted by Gasteiger charge is -2.41. The third kappa shape index (κ3) is 3.61. The van der Waals surface area contributed by atoms with Gasteiger partial charge < -0.3 is 10.1 Å². The van der Waals surface area contributed by atoms with Gasteiger partial charge >= 0.3 is 0 Å². The fourth-order valence-electron chi connectivity index (χ4n) is 5.32. The number of ether oxygens (including phenoxy) is 1. The molecule has 2 aliphatic carbocycles. The Balaban J connectivity index is 1.75. The van der Waals surface area contributed by atoms with Gasteiger partial charge in [-0.2, -0.15) is 0 Å². The van der Waals surface area contributed by atoms with Crippen molar-refractivity contribution in [1.29, 1.82) is 0 Å². The Kier molecular flexibility index (Phi) is 5.64. The van der Waals surface area contributed by atoms with Crippen LogP contribution in [0.3, 0.4) is 0 Å². The Hall–Kier alpha value is -2.53. The van der Waals surface area contributed by atoms with Crippen molar-refractivity contribution in [3.8, 4) is 5.75 Å². The van der Waals surface area contributed by atoms with Gasteiger partial charge in [-0.05, 0) is 48.4 Å². The predicted octanol–water partition coefficient (Wildman–Crippen LogP) is 6.28. The van der Waals surface area contributed by atoms with E-state index in [-0.39, 0.29) is 29.9 Å². The lowest BCUT2D eigenvalue weighted by molar-refractivity contribution is -0.128. The van der Waals surface area contributed by atoms with E-state index in [0.29, 0.717) is 38.4 Å². The molecule has 0 saturated carbocycles. The molecule has 1 heterocycles. The van der Waals surface area contributed by atoms with Crippen LogP contribution in [0.5, 0.6) is 5.75 Å². The zero-order valence-corrected chi connectivity index (χ0v) is 20.0. The van der Waals surface area contributed by atoms with E-state index < -0.39 is 5.41 Å². The molecule has 1 spiro atoms. The van der Waals surface area contributed by atoms with Crippen molar-refractivity contribution in [2.45, 2.75) is 18.8 Å². The molecule has 0 radical (unpaired) electrons. The van der Waals surface area contributed by atoms with Crippen molar-refractivity contribution in [2.24, 2.45) is 11.3 Å². The second kappa shape index (κ2) is 8.35. The number of methoxy groups -OCH3 is 1. The first-order valence-corrected chi connectivity index (χ1v) is 11.7. The molecular formula is C26H20Cl3NO3. The molecule has 4 nitrogen and oxygen atoms in total. The number of hydrogen-bond donors (Lipinski definition) is 1. The quantitative estimate of drug-likeness (QED) is 0.539. The number of fused-ring (bicyclic) bond motifs is 2. The molecule has 1 unspecified atom stereocenters.